The van der Waals surface area contributed by atoms with Crippen molar-refractivity contribution in [2.45, 2.75) is 60.3 Å². The summed E-state index contributed by atoms with van der Waals surface area (Å²) in [6.45, 7) is 20.5. The Morgan fingerprint density at radius 1 is 1.24 bits per heavy atom. The summed E-state index contributed by atoms with van der Waals surface area (Å²) in [4.78, 5) is 6.69. The minimum Gasteiger partial charge on any atom is -0.299 e. The summed E-state index contributed by atoms with van der Waals surface area (Å²) in [5.41, 5.74) is 1.40. The van der Waals surface area contributed by atoms with Gasteiger partial charge in [-0.1, -0.05) is 70.7 Å². The van der Waals surface area contributed by atoms with E-state index in [4.69, 9.17) is 0 Å². The van der Waals surface area contributed by atoms with Crippen molar-refractivity contribution >= 4 is 6.72 Å². The minimum absolute atomic E-state index is 0.373. The molecule has 0 spiro atoms. The highest BCUT2D eigenvalue weighted by Crippen LogP contribution is 2.27. The van der Waals surface area contributed by atoms with Gasteiger partial charge in [-0.05, 0) is 74.6 Å². The van der Waals surface area contributed by atoms with E-state index in [-0.39, 0.29) is 0 Å². The van der Waals surface area contributed by atoms with E-state index >= 15 is 0 Å². The van der Waals surface area contributed by atoms with E-state index in [0.717, 1.165) is 38.2 Å². The highest BCUT2D eigenvalue weighted by atomic mass is 19.2. The molecule has 0 saturated carbocycles. The van der Waals surface area contributed by atoms with E-state index in [1.54, 1.807) is 0 Å². The smallest absolute Gasteiger partial charge is 0.157 e. The maximum Gasteiger partial charge on any atom is 0.157 e. The predicted octanol–water partition coefficient (Wildman–Crippen LogP) is 8.39. The standard InChI is InChI=1S/C29H44F2N2/c1-8-13-28(32-7)19-25-15-12-17-33(21-27(18-25)22(3)4)20-23(5)14-10-11-16-26(9-2)29(31)24(6)30/h8,10-13,15,19,22-23,25,27H,6-7,9,14,16-18,20-21H2,1-5H3/b11-10-,13-8-,15-12?,28-19?,29-26+/t23?,25?,27-/m0/s1. The molecule has 2 nitrogen and oxygen atoms in total. The fourth-order valence-corrected chi connectivity index (χ4v) is 4.25. The van der Waals surface area contributed by atoms with Gasteiger partial charge < -0.3 is 0 Å². The van der Waals surface area contributed by atoms with Gasteiger partial charge in [0.25, 0.3) is 0 Å². The quantitative estimate of drug-likeness (QED) is 0.163. The third-order valence-electron chi connectivity index (χ3n) is 6.28. The second-order valence-electron chi connectivity index (χ2n) is 9.49. The molecule has 3 atom stereocenters. The number of hydrogen-bond donors (Lipinski definition) is 0. The lowest BCUT2D eigenvalue weighted by atomic mass is 9.84. The molecule has 0 saturated heterocycles. The summed E-state index contributed by atoms with van der Waals surface area (Å²) in [6.07, 6.45) is 17.8. The van der Waals surface area contributed by atoms with Crippen molar-refractivity contribution in [1.29, 1.82) is 0 Å². The van der Waals surface area contributed by atoms with Gasteiger partial charge in [0.2, 0.25) is 0 Å². The Labute approximate surface area is 201 Å². The summed E-state index contributed by atoms with van der Waals surface area (Å²) >= 11 is 0. The number of hydrogen-bond acceptors (Lipinski definition) is 2. The predicted molar refractivity (Wildman–Crippen MR) is 141 cm³/mol. The summed E-state index contributed by atoms with van der Waals surface area (Å²) in [7, 11) is 0. The van der Waals surface area contributed by atoms with Gasteiger partial charge in [0, 0.05) is 19.6 Å². The number of allylic oxidation sites excluding steroid dienone is 9. The average Bonchev–Trinajstić information content (AvgIpc) is 2.75. The maximum absolute atomic E-state index is 13.8. The van der Waals surface area contributed by atoms with Crippen LogP contribution in [0.4, 0.5) is 8.78 Å². The molecule has 1 aliphatic rings. The van der Waals surface area contributed by atoms with Gasteiger partial charge in [-0.25, -0.2) is 8.78 Å². The summed E-state index contributed by atoms with van der Waals surface area (Å²) in [6, 6.07) is 0. The molecular weight excluding hydrogens is 414 g/mol. The lowest BCUT2D eigenvalue weighted by Gasteiger charge is -2.33. The molecule has 1 rings (SSSR count). The summed E-state index contributed by atoms with van der Waals surface area (Å²) in [5, 5.41) is 0. The van der Waals surface area contributed by atoms with Crippen LogP contribution in [0.15, 0.2) is 77.0 Å². The molecule has 1 heterocycles. The zero-order chi connectivity index (χ0) is 24.8. The van der Waals surface area contributed by atoms with Crippen LogP contribution in [0.3, 0.4) is 0 Å². The van der Waals surface area contributed by atoms with E-state index < -0.39 is 11.7 Å². The topological polar surface area (TPSA) is 15.6 Å². The Morgan fingerprint density at radius 2 is 1.97 bits per heavy atom. The highest BCUT2D eigenvalue weighted by Gasteiger charge is 2.23. The van der Waals surface area contributed by atoms with Crippen molar-refractivity contribution in [1.82, 2.24) is 4.90 Å². The normalized spacial score (nSPS) is 22.5. The molecule has 0 aliphatic carbocycles. The van der Waals surface area contributed by atoms with Gasteiger partial charge in [-0.3, -0.25) is 9.89 Å². The lowest BCUT2D eigenvalue weighted by Crippen LogP contribution is -2.36. The van der Waals surface area contributed by atoms with Gasteiger partial charge in [0.15, 0.2) is 11.7 Å². The average molecular weight is 459 g/mol. The van der Waals surface area contributed by atoms with Gasteiger partial charge >= 0.3 is 0 Å². The molecule has 4 heteroatoms. The van der Waals surface area contributed by atoms with E-state index in [1.807, 2.05) is 32.1 Å². The molecule has 0 aromatic heterocycles. The van der Waals surface area contributed by atoms with Gasteiger partial charge in [-0.15, -0.1) is 0 Å². The van der Waals surface area contributed by atoms with Gasteiger partial charge in [0.05, 0.1) is 5.70 Å². The fourth-order valence-electron chi connectivity index (χ4n) is 4.25. The molecule has 0 fully saturated rings. The SMILES string of the molecule is C=NC(=CC1C=CCN(CC(C)C/C=C\C/C(CC)=C(/F)C(=C)F)C[C@@H](C(C)C)C1)/C=C\C. The molecule has 0 radical (unpaired) electrons. The molecule has 2 unspecified atom stereocenters. The van der Waals surface area contributed by atoms with Crippen molar-refractivity contribution in [3.63, 3.8) is 0 Å². The zero-order valence-electron chi connectivity index (χ0n) is 21.4. The molecular formula is C29H44F2N2. The van der Waals surface area contributed by atoms with Crippen molar-refractivity contribution in [2.24, 2.45) is 28.7 Å². The summed E-state index contributed by atoms with van der Waals surface area (Å²) < 4.78 is 26.8. The highest BCUT2D eigenvalue weighted by molar-refractivity contribution is 5.34. The van der Waals surface area contributed by atoms with Gasteiger partial charge in [0.1, 0.15) is 0 Å². The molecule has 0 aromatic rings. The molecule has 0 aromatic carbocycles. The lowest BCUT2D eigenvalue weighted by molar-refractivity contribution is 0.179. The first-order valence-corrected chi connectivity index (χ1v) is 12.3. The number of rotatable bonds is 12. The fraction of sp³-hybridized carbons (Fsp3) is 0.552. The molecule has 33 heavy (non-hydrogen) atoms. The van der Waals surface area contributed by atoms with E-state index in [1.165, 1.54) is 0 Å². The van der Waals surface area contributed by atoms with Crippen LogP contribution in [-0.4, -0.2) is 31.3 Å². The number of halogens is 2. The Hall–Kier alpha value is -2.07. The van der Waals surface area contributed by atoms with Crippen LogP contribution in [0, 0.1) is 23.7 Å². The van der Waals surface area contributed by atoms with Crippen molar-refractivity contribution in [3.8, 4) is 0 Å². The number of nitrogens with zero attached hydrogens (tertiary/aromatic N) is 2. The van der Waals surface area contributed by atoms with E-state index in [9.17, 15) is 8.78 Å². The van der Waals surface area contributed by atoms with Crippen LogP contribution in [-0.2, 0) is 0 Å². The number of aliphatic imine (C=N–C) groups is 1. The molecule has 184 valence electrons. The Morgan fingerprint density at radius 3 is 2.55 bits per heavy atom. The zero-order valence-corrected chi connectivity index (χ0v) is 21.4. The third kappa shape index (κ3) is 11.1. The Balaban J connectivity index is 2.75. The van der Waals surface area contributed by atoms with Crippen molar-refractivity contribution in [2.75, 3.05) is 19.6 Å². The second kappa shape index (κ2) is 15.7. The van der Waals surface area contributed by atoms with Crippen LogP contribution >= 0.6 is 0 Å². The third-order valence-corrected chi connectivity index (χ3v) is 6.28. The first-order valence-electron chi connectivity index (χ1n) is 12.3. The molecule has 0 N–H and O–H groups in total. The van der Waals surface area contributed by atoms with Crippen LogP contribution in [0.5, 0.6) is 0 Å². The van der Waals surface area contributed by atoms with Crippen LogP contribution in [0.2, 0.25) is 0 Å². The van der Waals surface area contributed by atoms with Crippen LogP contribution in [0.25, 0.3) is 0 Å². The monoisotopic (exact) mass is 458 g/mol. The maximum atomic E-state index is 13.8. The first kappa shape index (κ1) is 29.0. The minimum atomic E-state index is -0.977. The molecule has 1 aliphatic heterocycles. The second-order valence-corrected chi connectivity index (χ2v) is 9.49. The van der Waals surface area contributed by atoms with E-state index in [2.05, 4.69) is 68.3 Å². The van der Waals surface area contributed by atoms with E-state index in [0.29, 0.717) is 42.1 Å². The largest absolute Gasteiger partial charge is 0.299 e. The van der Waals surface area contributed by atoms with Crippen LogP contribution in [0.1, 0.15) is 60.3 Å². The molecule has 0 amide bonds. The van der Waals surface area contributed by atoms with Crippen LogP contribution < -0.4 is 0 Å². The summed E-state index contributed by atoms with van der Waals surface area (Å²) in [5.74, 6) is 0.292. The Bertz CT molecular complexity index is 770. The van der Waals surface area contributed by atoms with Crippen molar-refractivity contribution < 1.29 is 8.78 Å². The molecule has 0 bridgehead atoms. The van der Waals surface area contributed by atoms with Crippen molar-refractivity contribution in [3.05, 3.63) is 72.0 Å². The Kier molecular flexibility index (Phi) is 13.8. The first-order chi connectivity index (χ1) is 15.7. The van der Waals surface area contributed by atoms with Gasteiger partial charge in [-0.2, -0.15) is 0 Å².